The summed E-state index contributed by atoms with van der Waals surface area (Å²) in [5.41, 5.74) is 5.10. The SMILES string of the molecule is CCOC(=O)c1cscc1-c1cc(C)cc(C)c1. The minimum absolute atomic E-state index is 0.243. The third-order valence-corrected chi connectivity index (χ3v) is 3.43. The molecule has 0 aliphatic carbocycles. The van der Waals surface area contributed by atoms with Gasteiger partial charge in [-0.05, 0) is 31.7 Å². The quantitative estimate of drug-likeness (QED) is 0.773. The molecule has 2 rings (SSSR count). The molecule has 2 nitrogen and oxygen atoms in total. The van der Waals surface area contributed by atoms with Gasteiger partial charge in [0.05, 0.1) is 12.2 Å². The minimum Gasteiger partial charge on any atom is -0.462 e. The van der Waals surface area contributed by atoms with Crippen molar-refractivity contribution in [2.24, 2.45) is 0 Å². The van der Waals surface area contributed by atoms with Gasteiger partial charge in [0.15, 0.2) is 0 Å². The van der Waals surface area contributed by atoms with Gasteiger partial charge in [-0.1, -0.05) is 29.3 Å². The smallest absolute Gasteiger partial charge is 0.339 e. The summed E-state index contributed by atoms with van der Waals surface area (Å²) in [5, 5.41) is 3.85. The highest BCUT2D eigenvalue weighted by molar-refractivity contribution is 7.08. The van der Waals surface area contributed by atoms with E-state index in [1.807, 2.05) is 17.7 Å². The Bertz CT molecular complexity index is 549. The van der Waals surface area contributed by atoms with Crippen LogP contribution >= 0.6 is 11.3 Å². The Morgan fingerprint density at radius 3 is 2.44 bits per heavy atom. The molecule has 2 aromatic rings. The summed E-state index contributed by atoms with van der Waals surface area (Å²) in [6.45, 7) is 6.35. The molecule has 3 heteroatoms. The summed E-state index contributed by atoms with van der Waals surface area (Å²) >= 11 is 1.53. The van der Waals surface area contributed by atoms with Crippen molar-refractivity contribution in [1.82, 2.24) is 0 Å². The Labute approximate surface area is 111 Å². The van der Waals surface area contributed by atoms with Crippen molar-refractivity contribution in [2.45, 2.75) is 20.8 Å². The molecule has 1 aromatic heterocycles. The lowest BCUT2D eigenvalue weighted by Gasteiger charge is -2.06. The zero-order chi connectivity index (χ0) is 13.1. The first kappa shape index (κ1) is 12.8. The largest absolute Gasteiger partial charge is 0.462 e. The number of carbonyl (C=O) groups is 1. The van der Waals surface area contributed by atoms with Gasteiger partial charge in [-0.15, -0.1) is 0 Å². The fourth-order valence-corrected chi connectivity index (χ4v) is 2.84. The van der Waals surface area contributed by atoms with Crippen molar-refractivity contribution in [3.8, 4) is 11.1 Å². The number of hydrogen-bond donors (Lipinski definition) is 0. The number of esters is 1. The lowest BCUT2D eigenvalue weighted by molar-refractivity contribution is 0.0528. The van der Waals surface area contributed by atoms with Gasteiger partial charge in [0.1, 0.15) is 0 Å². The first-order valence-corrected chi connectivity index (χ1v) is 6.88. The van der Waals surface area contributed by atoms with Crippen molar-refractivity contribution in [1.29, 1.82) is 0 Å². The average Bonchev–Trinajstić information content (AvgIpc) is 2.76. The number of rotatable bonds is 3. The van der Waals surface area contributed by atoms with Crippen molar-refractivity contribution in [3.63, 3.8) is 0 Å². The lowest BCUT2D eigenvalue weighted by atomic mass is 10.0. The van der Waals surface area contributed by atoms with Crippen LogP contribution in [0.15, 0.2) is 29.0 Å². The predicted octanol–water partition coefficient (Wildman–Crippen LogP) is 4.21. The van der Waals surface area contributed by atoms with E-state index in [9.17, 15) is 4.79 Å². The number of aryl methyl sites for hydroxylation is 2. The van der Waals surface area contributed by atoms with Crippen LogP contribution < -0.4 is 0 Å². The number of ether oxygens (including phenoxy) is 1. The Hall–Kier alpha value is -1.61. The van der Waals surface area contributed by atoms with Gasteiger partial charge in [0, 0.05) is 10.9 Å². The summed E-state index contributed by atoms with van der Waals surface area (Å²) < 4.78 is 5.08. The second-order valence-electron chi connectivity index (χ2n) is 4.30. The van der Waals surface area contributed by atoms with Gasteiger partial charge in [-0.3, -0.25) is 0 Å². The van der Waals surface area contributed by atoms with E-state index in [0.29, 0.717) is 12.2 Å². The molecular formula is C15H16O2S. The van der Waals surface area contributed by atoms with Gasteiger partial charge in [0.25, 0.3) is 0 Å². The molecule has 0 saturated heterocycles. The number of benzene rings is 1. The van der Waals surface area contributed by atoms with Crippen LogP contribution in [0.25, 0.3) is 11.1 Å². The van der Waals surface area contributed by atoms with E-state index >= 15 is 0 Å². The average molecular weight is 260 g/mol. The van der Waals surface area contributed by atoms with Crippen LogP contribution in [0.2, 0.25) is 0 Å². The van der Waals surface area contributed by atoms with E-state index in [1.165, 1.54) is 22.5 Å². The van der Waals surface area contributed by atoms with Crippen molar-refractivity contribution >= 4 is 17.3 Å². The van der Waals surface area contributed by atoms with Crippen LogP contribution in [0.4, 0.5) is 0 Å². The number of thiophene rings is 1. The summed E-state index contributed by atoms with van der Waals surface area (Å²) in [7, 11) is 0. The van der Waals surface area contributed by atoms with Crippen LogP contribution in [0.5, 0.6) is 0 Å². The maximum Gasteiger partial charge on any atom is 0.339 e. The van der Waals surface area contributed by atoms with Crippen LogP contribution in [0.3, 0.4) is 0 Å². The van der Waals surface area contributed by atoms with E-state index in [0.717, 1.165) is 11.1 Å². The standard InChI is InChI=1S/C15H16O2S/c1-4-17-15(16)14-9-18-8-13(14)12-6-10(2)5-11(3)7-12/h5-9H,4H2,1-3H3. The van der Waals surface area contributed by atoms with Crippen LogP contribution in [0, 0.1) is 13.8 Å². The molecular weight excluding hydrogens is 244 g/mol. The van der Waals surface area contributed by atoms with Crippen LogP contribution in [-0.4, -0.2) is 12.6 Å². The Kier molecular flexibility index (Phi) is 3.82. The zero-order valence-electron chi connectivity index (χ0n) is 10.8. The third kappa shape index (κ3) is 2.62. The minimum atomic E-state index is -0.243. The third-order valence-electron chi connectivity index (χ3n) is 2.69. The van der Waals surface area contributed by atoms with E-state index < -0.39 is 0 Å². The van der Waals surface area contributed by atoms with Gasteiger partial charge in [0.2, 0.25) is 0 Å². The van der Waals surface area contributed by atoms with Crippen molar-refractivity contribution in [3.05, 3.63) is 45.6 Å². The normalized spacial score (nSPS) is 10.4. The Balaban J connectivity index is 2.45. The molecule has 0 N–H and O–H groups in total. The van der Waals surface area contributed by atoms with Gasteiger partial charge >= 0.3 is 5.97 Å². The molecule has 0 saturated carbocycles. The maximum absolute atomic E-state index is 11.9. The molecule has 0 atom stereocenters. The molecule has 0 aliphatic rings. The highest BCUT2D eigenvalue weighted by Crippen LogP contribution is 2.29. The number of hydrogen-bond acceptors (Lipinski definition) is 3. The predicted molar refractivity (Wildman–Crippen MR) is 75.2 cm³/mol. The van der Waals surface area contributed by atoms with E-state index in [-0.39, 0.29) is 5.97 Å². The van der Waals surface area contributed by atoms with E-state index in [4.69, 9.17) is 4.74 Å². The fourth-order valence-electron chi connectivity index (χ4n) is 2.02. The summed E-state index contributed by atoms with van der Waals surface area (Å²) in [5.74, 6) is -0.243. The number of carbonyl (C=O) groups excluding carboxylic acids is 1. The summed E-state index contributed by atoms with van der Waals surface area (Å²) in [4.78, 5) is 11.9. The van der Waals surface area contributed by atoms with Crippen LogP contribution in [-0.2, 0) is 4.74 Å². The monoisotopic (exact) mass is 260 g/mol. The fraction of sp³-hybridized carbons (Fsp3) is 0.267. The molecule has 0 unspecified atom stereocenters. The first-order chi connectivity index (χ1) is 8.61. The molecule has 0 bridgehead atoms. The molecule has 1 heterocycles. The molecule has 94 valence electrons. The second-order valence-corrected chi connectivity index (χ2v) is 5.04. The van der Waals surface area contributed by atoms with Gasteiger partial charge in [-0.25, -0.2) is 4.79 Å². The summed E-state index contributed by atoms with van der Waals surface area (Å²) in [6.07, 6.45) is 0. The molecule has 1 aromatic carbocycles. The van der Waals surface area contributed by atoms with Gasteiger partial charge < -0.3 is 4.74 Å². The molecule has 0 spiro atoms. The van der Waals surface area contributed by atoms with E-state index in [2.05, 4.69) is 32.0 Å². The van der Waals surface area contributed by atoms with Gasteiger partial charge in [-0.2, -0.15) is 11.3 Å². The lowest BCUT2D eigenvalue weighted by Crippen LogP contribution is -2.04. The van der Waals surface area contributed by atoms with Crippen molar-refractivity contribution < 1.29 is 9.53 Å². The maximum atomic E-state index is 11.9. The Morgan fingerprint density at radius 2 is 1.83 bits per heavy atom. The zero-order valence-corrected chi connectivity index (χ0v) is 11.6. The molecule has 0 aliphatic heterocycles. The molecule has 0 amide bonds. The molecule has 18 heavy (non-hydrogen) atoms. The van der Waals surface area contributed by atoms with Crippen LogP contribution in [0.1, 0.15) is 28.4 Å². The van der Waals surface area contributed by atoms with Crippen molar-refractivity contribution in [2.75, 3.05) is 6.61 Å². The highest BCUT2D eigenvalue weighted by Gasteiger charge is 2.15. The Morgan fingerprint density at radius 1 is 1.17 bits per heavy atom. The topological polar surface area (TPSA) is 26.3 Å². The highest BCUT2D eigenvalue weighted by atomic mass is 32.1. The molecule has 0 fully saturated rings. The van der Waals surface area contributed by atoms with E-state index in [1.54, 1.807) is 0 Å². The molecule has 0 radical (unpaired) electrons. The first-order valence-electron chi connectivity index (χ1n) is 5.93. The second kappa shape index (κ2) is 5.36. The summed E-state index contributed by atoms with van der Waals surface area (Å²) in [6, 6.07) is 6.31.